The van der Waals surface area contributed by atoms with E-state index in [0.717, 1.165) is 0 Å². The molecule has 2 aromatic rings. The van der Waals surface area contributed by atoms with E-state index in [2.05, 4.69) is 15.5 Å². The first-order valence-electron chi connectivity index (χ1n) is 5.53. The Bertz CT molecular complexity index is 673. The van der Waals surface area contributed by atoms with E-state index < -0.39 is 10.8 Å². The van der Waals surface area contributed by atoms with Crippen LogP contribution in [0.25, 0.3) is 0 Å². The molecule has 0 aliphatic carbocycles. The topological polar surface area (TPSA) is 98.0 Å². The summed E-state index contributed by atoms with van der Waals surface area (Å²) in [6.07, 6.45) is 0. The molecule has 0 saturated heterocycles. The summed E-state index contributed by atoms with van der Waals surface area (Å²) in [5.41, 5.74) is 0.721. The largest absolute Gasteiger partial charge is 0.320 e. The summed E-state index contributed by atoms with van der Waals surface area (Å²) in [6.45, 7) is 1.56. The zero-order chi connectivity index (χ0) is 14.7. The molecule has 0 spiro atoms. The van der Waals surface area contributed by atoms with Gasteiger partial charge in [-0.25, -0.2) is 0 Å². The van der Waals surface area contributed by atoms with Crippen molar-refractivity contribution in [3.05, 3.63) is 56.9 Å². The third kappa shape index (κ3) is 2.89. The van der Waals surface area contributed by atoms with E-state index in [-0.39, 0.29) is 16.5 Å². The van der Waals surface area contributed by atoms with Gasteiger partial charge in [-0.15, -0.1) is 10.2 Å². The standard InChI is InChI=1S/C12H9ClN4O3/c1-7-8(3-2-4-10(7)17(19)20)14-12(18)9-5-6-11(13)16-15-9/h2-6H,1H3,(H,14,18). The number of carbonyl (C=O) groups excluding carboxylic acids is 1. The lowest BCUT2D eigenvalue weighted by Crippen LogP contribution is -2.15. The van der Waals surface area contributed by atoms with Crippen molar-refractivity contribution in [3.8, 4) is 0 Å². The Balaban J connectivity index is 2.26. The molecule has 0 aliphatic heterocycles. The highest BCUT2D eigenvalue weighted by molar-refractivity contribution is 6.29. The number of halogens is 1. The summed E-state index contributed by atoms with van der Waals surface area (Å²) in [5, 5.41) is 20.7. The van der Waals surface area contributed by atoms with Gasteiger partial charge >= 0.3 is 0 Å². The molecule has 20 heavy (non-hydrogen) atoms. The van der Waals surface area contributed by atoms with Crippen molar-refractivity contribution in [1.29, 1.82) is 0 Å². The van der Waals surface area contributed by atoms with E-state index in [0.29, 0.717) is 11.3 Å². The van der Waals surface area contributed by atoms with Crippen LogP contribution in [0.5, 0.6) is 0 Å². The predicted octanol–water partition coefficient (Wildman–Crippen LogP) is 2.60. The molecule has 0 bridgehead atoms. The molecule has 0 fully saturated rings. The van der Waals surface area contributed by atoms with Gasteiger partial charge < -0.3 is 5.32 Å². The van der Waals surface area contributed by atoms with Gasteiger partial charge in [-0.2, -0.15) is 0 Å². The van der Waals surface area contributed by atoms with E-state index in [1.54, 1.807) is 13.0 Å². The molecule has 0 saturated carbocycles. The Hall–Kier alpha value is -2.54. The van der Waals surface area contributed by atoms with E-state index in [4.69, 9.17) is 11.6 Å². The van der Waals surface area contributed by atoms with Gasteiger partial charge in [0.15, 0.2) is 10.8 Å². The van der Waals surface area contributed by atoms with E-state index in [1.165, 1.54) is 24.3 Å². The molecule has 0 atom stereocenters. The first kappa shape index (κ1) is 13.9. The maximum atomic E-state index is 11.9. The Kier molecular flexibility index (Phi) is 3.90. The van der Waals surface area contributed by atoms with Gasteiger partial charge in [0.1, 0.15) is 0 Å². The Labute approximate surface area is 118 Å². The molecule has 102 valence electrons. The van der Waals surface area contributed by atoms with Crippen molar-refractivity contribution in [2.24, 2.45) is 0 Å². The molecule has 0 unspecified atom stereocenters. The fraction of sp³-hybridized carbons (Fsp3) is 0.0833. The number of nitro benzene ring substituents is 1. The van der Waals surface area contributed by atoms with Crippen LogP contribution in [-0.2, 0) is 0 Å². The molecule has 8 heteroatoms. The molecule has 1 aromatic carbocycles. The van der Waals surface area contributed by atoms with Crippen LogP contribution in [0.4, 0.5) is 11.4 Å². The van der Waals surface area contributed by atoms with Crippen molar-refractivity contribution >= 4 is 28.9 Å². The summed E-state index contributed by atoms with van der Waals surface area (Å²) in [6, 6.07) is 7.28. The minimum Gasteiger partial charge on any atom is -0.320 e. The third-order valence-electron chi connectivity index (χ3n) is 2.61. The van der Waals surface area contributed by atoms with Crippen LogP contribution >= 0.6 is 11.6 Å². The van der Waals surface area contributed by atoms with E-state index in [1.807, 2.05) is 0 Å². The number of hydrogen-bond acceptors (Lipinski definition) is 5. The molecule has 1 heterocycles. The Morgan fingerprint density at radius 1 is 1.30 bits per heavy atom. The zero-order valence-electron chi connectivity index (χ0n) is 10.3. The summed E-state index contributed by atoms with van der Waals surface area (Å²) < 4.78 is 0. The first-order valence-corrected chi connectivity index (χ1v) is 5.91. The SMILES string of the molecule is Cc1c(NC(=O)c2ccc(Cl)nn2)cccc1[N+](=O)[O-]. The van der Waals surface area contributed by atoms with Crippen molar-refractivity contribution in [1.82, 2.24) is 10.2 Å². The Morgan fingerprint density at radius 3 is 2.65 bits per heavy atom. The number of aromatic nitrogens is 2. The number of anilines is 1. The maximum Gasteiger partial charge on any atom is 0.276 e. The predicted molar refractivity (Wildman–Crippen MR) is 72.8 cm³/mol. The number of benzene rings is 1. The number of rotatable bonds is 3. The van der Waals surface area contributed by atoms with Gasteiger partial charge in [0.05, 0.1) is 16.2 Å². The number of nitrogens with zero attached hydrogens (tertiary/aromatic N) is 3. The lowest BCUT2D eigenvalue weighted by Gasteiger charge is -2.07. The minimum absolute atomic E-state index is 0.0648. The second-order valence-electron chi connectivity index (χ2n) is 3.90. The van der Waals surface area contributed by atoms with Crippen LogP contribution in [0.3, 0.4) is 0 Å². The molecule has 0 radical (unpaired) electrons. The fourth-order valence-corrected chi connectivity index (χ4v) is 1.68. The van der Waals surface area contributed by atoms with Gasteiger partial charge in [-0.05, 0) is 25.1 Å². The highest BCUT2D eigenvalue weighted by atomic mass is 35.5. The Morgan fingerprint density at radius 2 is 2.05 bits per heavy atom. The molecular formula is C12H9ClN4O3. The van der Waals surface area contributed by atoms with Crippen molar-refractivity contribution in [3.63, 3.8) is 0 Å². The normalized spacial score (nSPS) is 10.1. The molecular weight excluding hydrogens is 284 g/mol. The van der Waals surface area contributed by atoms with E-state index in [9.17, 15) is 14.9 Å². The number of nitrogens with one attached hydrogen (secondary N) is 1. The molecule has 0 aliphatic rings. The quantitative estimate of drug-likeness (QED) is 0.692. The van der Waals surface area contributed by atoms with Crippen LogP contribution in [0.1, 0.15) is 16.1 Å². The summed E-state index contributed by atoms with van der Waals surface area (Å²) in [5.74, 6) is -0.516. The van der Waals surface area contributed by atoms with Gasteiger partial charge in [-0.1, -0.05) is 17.7 Å². The molecule has 1 amide bonds. The van der Waals surface area contributed by atoms with Crippen LogP contribution in [0.2, 0.25) is 5.15 Å². The third-order valence-corrected chi connectivity index (χ3v) is 2.82. The minimum atomic E-state index is -0.516. The zero-order valence-corrected chi connectivity index (χ0v) is 11.1. The van der Waals surface area contributed by atoms with Gasteiger partial charge in [-0.3, -0.25) is 14.9 Å². The second-order valence-corrected chi connectivity index (χ2v) is 4.29. The molecule has 1 N–H and O–H groups in total. The van der Waals surface area contributed by atoms with Crippen molar-refractivity contribution in [2.45, 2.75) is 6.92 Å². The van der Waals surface area contributed by atoms with Crippen molar-refractivity contribution in [2.75, 3.05) is 5.32 Å². The number of carbonyl (C=O) groups is 1. The monoisotopic (exact) mass is 292 g/mol. The van der Waals surface area contributed by atoms with Crippen LogP contribution in [-0.4, -0.2) is 21.0 Å². The second kappa shape index (κ2) is 5.62. The first-order chi connectivity index (χ1) is 9.49. The van der Waals surface area contributed by atoms with Crippen molar-refractivity contribution < 1.29 is 9.72 Å². The highest BCUT2D eigenvalue weighted by Crippen LogP contribution is 2.25. The maximum absolute atomic E-state index is 11.9. The molecule has 7 nitrogen and oxygen atoms in total. The van der Waals surface area contributed by atoms with Gasteiger partial charge in [0.25, 0.3) is 11.6 Å². The lowest BCUT2D eigenvalue weighted by molar-refractivity contribution is -0.385. The number of amides is 1. The number of hydrogen-bond donors (Lipinski definition) is 1. The molecule has 2 rings (SSSR count). The highest BCUT2D eigenvalue weighted by Gasteiger charge is 2.16. The lowest BCUT2D eigenvalue weighted by atomic mass is 10.1. The van der Waals surface area contributed by atoms with Gasteiger partial charge in [0, 0.05) is 6.07 Å². The summed E-state index contributed by atoms with van der Waals surface area (Å²) in [7, 11) is 0. The average Bonchev–Trinajstić information content (AvgIpc) is 2.41. The smallest absolute Gasteiger partial charge is 0.276 e. The summed E-state index contributed by atoms with van der Waals surface area (Å²) >= 11 is 5.58. The number of nitro groups is 1. The summed E-state index contributed by atoms with van der Waals surface area (Å²) in [4.78, 5) is 22.2. The van der Waals surface area contributed by atoms with E-state index >= 15 is 0 Å². The molecule has 1 aromatic heterocycles. The van der Waals surface area contributed by atoms with Gasteiger partial charge in [0.2, 0.25) is 0 Å². The van der Waals surface area contributed by atoms with Crippen LogP contribution in [0, 0.1) is 17.0 Å². The van der Waals surface area contributed by atoms with Crippen LogP contribution < -0.4 is 5.32 Å². The fourth-order valence-electron chi connectivity index (χ4n) is 1.58. The van der Waals surface area contributed by atoms with Crippen LogP contribution in [0.15, 0.2) is 30.3 Å². The average molecular weight is 293 g/mol.